The summed E-state index contributed by atoms with van der Waals surface area (Å²) in [6.07, 6.45) is 6.69. The summed E-state index contributed by atoms with van der Waals surface area (Å²) in [5.41, 5.74) is -1.31. The Hall–Kier alpha value is -2.65. The third-order valence-corrected chi connectivity index (χ3v) is 4.95. The zero-order chi connectivity index (χ0) is 19.1. The average molecular weight is 377 g/mol. The van der Waals surface area contributed by atoms with E-state index in [4.69, 9.17) is 37.0 Å². The molecule has 2 atom stereocenters. The molecule has 0 radical (unpaired) electrons. The maximum Gasteiger partial charge on any atom is 0.231 e. The van der Waals surface area contributed by atoms with Crippen LogP contribution in [0.2, 0.25) is 5.02 Å². The van der Waals surface area contributed by atoms with Gasteiger partial charge in [0.1, 0.15) is 28.7 Å². The van der Waals surface area contributed by atoms with Gasteiger partial charge in [-0.3, -0.25) is 9.59 Å². The van der Waals surface area contributed by atoms with Crippen molar-refractivity contribution in [3.05, 3.63) is 28.5 Å². The van der Waals surface area contributed by atoms with Crippen molar-refractivity contribution in [2.45, 2.75) is 18.9 Å². The van der Waals surface area contributed by atoms with Gasteiger partial charge >= 0.3 is 0 Å². The van der Waals surface area contributed by atoms with Gasteiger partial charge in [0.25, 0.3) is 0 Å². The number of carbonyl (C=O) groups is 2. The number of halogens is 1. The van der Waals surface area contributed by atoms with Gasteiger partial charge in [-0.1, -0.05) is 24.4 Å². The summed E-state index contributed by atoms with van der Waals surface area (Å²) in [6, 6.07) is 1.49. The van der Waals surface area contributed by atoms with E-state index in [-0.39, 0.29) is 52.4 Å². The van der Waals surface area contributed by atoms with E-state index >= 15 is 0 Å². The zero-order valence-corrected chi connectivity index (χ0v) is 15.3. The highest BCUT2D eigenvalue weighted by atomic mass is 35.5. The molecule has 0 saturated heterocycles. The Labute approximate surface area is 156 Å². The van der Waals surface area contributed by atoms with E-state index in [0.717, 1.165) is 0 Å². The predicted molar refractivity (Wildman–Crippen MR) is 93.9 cm³/mol. The molecule has 0 unspecified atom stereocenters. The number of terminal acetylenes is 1. The molecule has 0 amide bonds. The molecule has 0 aromatic heterocycles. The molecule has 1 heterocycles. The van der Waals surface area contributed by atoms with Gasteiger partial charge in [-0.2, -0.15) is 0 Å². The first-order valence-corrected chi connectivity index (χ1v) is 8.28. The lowest BCUT2D eigenvalue weighted by atomic mass is 9.75. The van der Waals surface area contributed by atoms with Crippen LogP contribution in [0.3, 0.4) is 0 Å². The first-order chi connectivity index (χ1) is 12.4. The topological polar surface area (TPSA) is 71.1 Å². The minimum atomic E-state index is -1.48. The minimum absolute atomic E-state index is 0.0431. The molecular formula is C19H17ClO6. The molecule has 0 fully saturated rings. The van der Waals surface area contributed by atoms with E-state index in [2.05, 4.69) is 5.92 Å². The highest BCUT2D eigenvalue weighted by molar-refractivity contribution is 6.35. The standard InChI is InChI=1S/C19H17ClO6/c1-5-6-25-12-9-13(23-3)16(20)17-15(12)18(22)19(26-17)10(2)7-11(21)8-14(19)24-4/h1,8-10H,6-7H2,2-4H3/t10-,19+/m1/s1. The second kappa shape index (κ2) is 6.58. The largest absolute Gasteiger partial charge is 0.496 e. The summed E-state index contributed by atoms with van der Waals surface area (Å²) >= 11 is 6.37. The van der Waals surface area contributed by atoms with Crippen molar-refractivity contribution in [2.24, 2.45) is 5.92 Å². The normalized spacial score (nSPS) is 23.8. The highest BCUT2D eigenvalue weighted by Gasteiger charge is 2.59. The number of ketones is 2. The molecule has 1 aromatic rings. The Morgan fingerprint density at radius 1 is 1.35 bits per heavy atom. The Kier molecular flexibility index (Phi) is 4.59. The van der Waals surface area contributed by atoms with Gasteiger partial charge in [0.15, 0.2) is 17.3 Å². The molecule has 3 rings (SSSR count). The van der Waals surface area contributed by atoms with Crippen LogP contribution in [0.15, 0.2) is 17.9 Å². The van der Waals surface area contributed by atoms with Gasteiger partial charge < -0.3 is 18.9 Å². The number of hydrogen-bond donors (Lipinski definition) is 0. The summed E-state index contributed by atoms with van der Waals surface area (Å²) in [5.74, 6) is 2.12. The van der Waals surface area contributed by atoms with E-state index in [1.807, 2.05) is 0 Å². The Bertz CT molecular complexity index is 866. The summed E-state index contributed by atoms with van der Waals surface area (Å²) in [4.78, 5) is 25.3. The first-order valence-electron chi connectivity index (χ1n) is 7.90. The van der Waals surface area contributed by atoms with Crippen LogP contribution in [-0.2, 0) is 9.53 Å². The summed E-state index contributed by atoms with van der Waals surface area (Å²) in [6.45, 7) is 1.71. The molecule has 26 heavy (non-hydrogen) atoms. The molecule has 1 aromatic carbocycles. The van der Waals surface area contributed by atoms with Gasteiger partial charge in [-0.05, 0) is 0 Å². The SMILES string of the molecule is C#CCOc1cc(OC)c(Cl)c2c1C(=O)[C@@]1(O2)C(OC)=CC(=O)C[C@H]1C. The van der Waals surface area contributed by atoms with Crippen LogP contribution >= 0.6 is 11.6 Å². The maximum absolute atomic E-state index is 13.4. The number of hydrogen-bond acceptors (Lipinski definition) is 6. The van der Waals surface area contributed by atoms with Crippen LogP contribution in [-0.4, -0.2) is 38.0 Å². The summed E-state index contributed by atoms with van der Waals surface area (Å²) in [5, 5.41) is 0.139. The van der Waals surface area contributed by atoms with Crippen LogP contribution in [0.25, 0.3) is 0 Å². The molecule has 1 spiro atoms. The van der Waals surface area contributed by atoms with Crippen LogP contribution < -0.4 is 14.2 Å². The van der Waals surface area contributed by atoms with Crippen molar-refractivity contribution in [3.63, 3.8) is 0 Å². The van der Waals surface area contributed by atoms with E-state index in [1.54, 1.807) is 6.92 Å². The second-order valence-corrected chi connectivity index (χ2v) is 6.42. The van der Waals surface area contributed by atoms with E-state index in [1.165, 1.54) is 26.4 Å². The summed E-state index contributed by atoms with van der Waals surface area (Å²) in [7, 11) is 2.82. The number of Topliss-reactive ketones (excluding diaryl/α,β-unsaturated/α-hetero) is 1. The number of carbonyl (C=O) groups excluding carboxylic acids is 2. The first kappa shape index (κ1) is 18.2. The number of fused-ring (bicyclic) bond motifs is 1. The third-order valence-electron chi connectivity index (χ3n) is 4.59. The molecular weight excluding hydrogens is 360 g/mol. The van der Waals surface area contributed by atoms with Gasteiger partial charge in [0.05, 0.1) is 14.2 Å². The van der Waals surface area contributed by atoms with Gasteiger partial charge in [-0.25, -0.2) is 0 Å². The van der Waals surface area contributed by atoms with Crippen LogP contribution in [0.4, 0.5) is 0 Å². The fourth-order valence-corrected chi connectivity index (χ4v) is 3.64. The molecule has 2 aliphatic rings. The number of methoxy groups -OCH3 is 2. The fraction of sp³-hybridized carbons (Fsp3) is 0.368. The van der Waals surface area contributed by atoms with Crippen molar-refractivity contribution in [2.75, 3.05) is 20.8 Å². The second-order valence-electron chi connectivity index (χ2n) is 6.04. The van der Waals surface area contributed by atoms with Gasteiger partial charge in [-0.15, -0.1) is 6.42 Å². The molecule has 0 N–H and O–H groups in total. The quantitative estimate of drug-likeness (QED) is 0.752. The van der Waals surface area contributed by atoms with Crippen molar-refractivity contribution < 1.29 is 28.5 Å². The van der Waals surface area contributed by atoms with E-state index in [9.17, 15) is 9.59 Å². The van der Waals surface area contributed by atoms with Crippen molar-refractivity contribution in [1.29, 1.82) is 0 Å². The Balaban J connectivity index is 2.23. The molecule has 0 bridgehead atoms. The van der Waals surface area contributed by atoms with E-state index in [0.29, 0.717) is 0 Å². The predicted octanol–water partition coefficient (Wildman–Crippen LogP) is 2.81. The van der Waals surface area contributed by atoms with Crippen LogP contribution in [0.1, 0.15) is 23.7 Å². The van der Waals surface area contributed by atoms with Crippen molar-refractivity contribution in [1.82, 2.24) is 0 Å². The smallest absolute Gasteiger partial charge is 0.231 e. The number of ether oxygens (including phenoxy) is 4. The zero-order valence-electron chi connectivity index (χ0n) is 14.6. The lowest BCUT2D eigenvalue weighted by Crippen LogP contribution is -2.51. The summed E-state index contributed by atoms with van der Waals surface area (Å²) < 4.78 is 22.2. The Morgan fingerprint density at radius 2 is 2.08 bits per heavy atom. The third kappa shape index (κ3) is 2.43. The highest BCUT2D eigenvalue weighted by Crippen LogP contribution is 2.54. The Morgan fingerprint density at radius 3 is 2.69 bits per heavy atom. The molecule has 7 heteroatoms. The number of rotatable bonds is 4. The maximum atomic E-state index is 13.4. The lowest BCUT2D eigenvalue weighted by molar-refractivity contribution is -0.118. The van der Waals surface area contributed by atoms with Gasteiger partial charge in [0, 0.05) is 24.5 Å². The minimum Gasteiger partial charge on any atom is -0.496 e. The monoisotopic (exact) mass is 376 g/mol. The molecule has 1 aliphatic carbocycles. The van der Waals surface area contributed by atoms with Crippen molar-refractivity contribution in [3.8, 4) is 29.6 Å². The fourth-order valence-electron chi connectivity index (χ4n) is 3.37. The molecule has 6 nitrogen and oxygen atoms in total. The van der Waals surface area contributed by atoms with Crippen LogP contribution in [0, 0.1) is 18.3 Å². The number of allylic oxidation sites excluding steroid dienone is 1. The molecule has 0 saturated carbocycles. The van der Waals surface area contributed by atoms with Crippen LogP contribution in [0.5, 0.6) is 17.2 Å². The molecule has 136 valence electrons. The van der Waals surface area contributed by atoms with Crippen molar-refractivity contribution >= 4 is 23.2 Å². The average Bonchev–Trinajstić information content (AvgIpc) is 2.93. The van der Waals surface area contributed by atoms with E-state index < -0.39 is 17.3 Å². The number of benzene rings is 1. The lowest BCUT2D eigenvalue weighted by Gasteiger charge is -2.36. The van der Waals surface area contributed by atoms with Gasteiger partial charge in [0.2, 0.25) is 11.4 Å². The molecule has 1 aliphatic heterocycles.